The zero-order valence-corrected chi connectivity index (χ0v) is 5.98. The minimum atomic E-state index is -2.62. The summed E-state index contributed by atoms with van der Waals surface area (Å²) in [5, 5.41) is 16.7. The molecule has 0 fully saturated rings. The lowest BCUT2D eigenvalue weighted by Crippen LogP contribution is -2.56. The molecule has 0 aromatic carbocycles. The third kappa shape index (κ3) is 1.92. The van der Waals surface area contributed by atoms with Crippen LogP contribution in [0.1, 0.15) is 6.42 Å². The van der Waals surface area contributed by atoms with Gasteiger partial charge in [0.15, 0.2) is 0 Å². The van der Waals surface area contributed by atoms with Crippen molar-refractivity contribution in [3.8, 4) is 0 Å². The lowest BCUT2D eigenvalue weighted by atomic mass is 9.97. The molecule has 0 aromatic rings. The topological polar surface area (TPSA) is 144 Å². The fourth-order valence-electron chi connectivity index (χ4n) is 0.518. The summed E-state index contributed by atoms with van der Waals surface area (Å²) in [5.74, 6) is -4.68. The maximum absolute atomic E-state index is 10.3. The third-order valence-electron chi connectivity index (χ3n) is 1.22. The second-order valence-corrected chi connectivity index (χ2v) is 2.22. The van der Waals surface area contributed by atoms with Gasteiger partial charge in [0.25, 0.3) is 0 Å². The van der Waals surface area contributed by atoms with Crippen molar-refractivity contribution < 1.29 is 24.6 Å². The normalized spacial score (nSPS) is 10.8. The van der Waals surface area contributed by atoms with Crippen molar-refractivity contribution in [3.05, 3.63) is 0 Å². The van der Waals surface area contributed by atoms with E-state index in [0.29, 0.717) is 0 Å². The van der Waals surface area contributed by atoms with Crippen LogP contribution in [0.2, 0.25) is 0 Å². The predicted octanol–water partition coefficient (Wildman–Crippen LogP) is -2.27. The lowest BCUT2D eigenvalue weighted by Gasteiger charge is -2.16. The number of carboxylic acids is 2. The van der Waals surface area contributed by atoms with Crippen molar-refractivity contribution in [2.75, 3.05) is 0 Å². The van der Waals surface area contributed by atoms with Crippen LogP contribution in [-0.4, -0.2) is 33.6 Å². The molecule has 0 saturated carbocycles. The number of hydrogen-bond donors (Lipinski definition) is 4. The van der Waals surface area contributed by atoms with E-state index in [1.807, 2.05) is 0 Å². The van der Waals surface area contributed by atoms with E-state index in [2.05, 4.69) is 5.73 Å². The van der Waals surface area contributed by atoms with E-state index in [-0.39, 0.29) is 0 Å². The number of carbonyl (C=O) groups excluding carboxylic acids is 1. The van der Waals surface area contributed by atoms with Gasteiger partial charge in [-0.05, 0) is 0 Å². The van der Waals surface area contributed by atoms with E-state index < -0.39 is 29.8 Å². The second-order valence-electron chi connectivity index (χ2n) is 2.22. The Morgan fingerprint density at radius 2 is 1.50 bits per heavy atom. The highest BCUT2D eigenvalue weighted by Crippen LogP contribution is 2.06. The summed E-state index contributed by atoms with van der Waals surface area (Å²) in [6, 6.07) is 0. The van der Waals surface area contributed by atoms with Gasteiger partial charge < -0.3 is 21.7 Å². The first-order valence-corrected chi connectivity index (χ1v) is 2.84. The van der Waals surface area contributed by atoms with Crippen molar-refractivity contribution in [3.63, 3.8) is 0 Å². The van der Waals surface area contributed by atoms with Gasteiger partial charge in [-0.3, -0.25) is 4.79 Å². The summed E-state index contributed by atoms with van der Waals surface area (Å²) >= 11 is 0. The minimum Gasteiger partial charge on any atom is -0.479 e. The van der Waals surface area contributed by atoms with Crippen molar-refractivity contribution in [2.24, 2.45) is 11.5 Å². The van der Waals surface area contributed by atoms with Gasteiger partial charge in [-0.2, -0.15) is 0 Å². The summed E-state index contributed by atoms with van der Waals surface area (Å²) < 4.78 is 0. The number of rotatable bonds is 4. The fraction of sp³-hybridized carbons (Fsp3) is 0.400. The van der Waals surface area contributed by atoms with E-state index in [4.69, 9.17) is 15.9 Å². The first kappa shape index (κ1) is 10.4. The molecular formula is C5H8N2O5. The summed E-state index contributed by atoms with van der Waals surface area (Å²) in [4.78, 5) is 30.8. The molecule has 0 unspecified atom stereocenters. The monoisotopic (exact) mass is 176 g/mol. The molecule has 0 aromatic heterocycles. The highest BCUT2D eigenvalue weighted by molar-refractivity contribution is 6.06. The van der Waals surface area contributed by atoms with Crippen LogP contribution in [-0.2, 0) is 14.4 Å². The molecule has 7 heteroatoms. The van der Waals surface area contributed by atoms with E-state index in [1.54, 1.807) is 0 Å². The van der Waals surface area contributed by atoms with E-state index in [9.17, 15) is 14.4 Å². The number of carboxylic acid groups (broad SMARTS) is 2. The molecule has 0 heterocycles. The molecule has 0 bridgehead atoms. The Labute approximate surface area is 67.0 Å². The van der Waals surface area contributed by atoms with Gasteiger partial charge >= 0.3 is 11.9 Å². The molecule has 0 spiro atoms. The average molecular weight is 176 g/mol. The lowest BCUT2D eigenvalue weighted by molar-refractivity contribution is -0.158. The molecule has 1 amide bonds. The quantitative estimate of drug-likeness (QED) is 0.355. The molecule has 0 aliphatic rings. The van der Waals surface area contributed by atoms with Crippen LogP contribution in [0.3, 0.4) is 0 Å². The maximum atomic E-state index is 10.3. The number of primary amides is 1. The number of aliphatic carboxylic acids is 2. The van der Waals surface area contributed by atoms with Gasteiger partial charge in [0.2, 0.25) is 11.4 Å². The molecule has 6 N–H and O–H groups in total. The van der Waals surface area contributed by atoms with Gasteiger partial charge in [0.05, 0.1) is 6.42 Å². The second kappa shape index (κ2) is 3.18. The summed E-state index contributed by atoms with van der Waals surface area (Å²) in [6.07, 6.45) is -0.933. The zero-order valence-electron chi connectivity index (χ0n) is 5.98. The van der Waals surface area contributed by atoms with Gasteiger partial charge in [-0.15, -0.1) is 0 Å². The molecule has 0 radical (unpaired) electrons. The van der Waals surface area contributed by atoms with Crippen LogP contribution in [0.4, 0.5) is 0 Å². The van der Waals surface area contributed by atoms with Gasteiger partial charge in [-0.25, -0.2) is 9.59 Å². The first-order chi connectivity index (χ1) is 5.30. The van der Waals surface area contributed by atoms with E-state index >= 15 is 0 Å². The number of amides is 1. The van der Waals surface area contributed by atoms with Crippen LogP contribution in [0.25, 0.3) is 0 Å². The summed E-state index contributed by atoms with van der Waals surface area (Å²) in [6.45, 7) is 0. The molecular weight excluding hydrogens is 168 g/mol. The largest absolute Gasteiger partial charge is 0.479 e. The number of hydrogen-bond acceptors (Lipinski definition) is 4. The summed E-state index contributed by atoms with van der Waals surface area (Å²) in [5.41, 5.74) is 6.87. The zero-order chi connectivity index (χ0) is 9.94. The Kier molecular flexibility index (Phi) is 2.75. The van der Waals surface area contributed by atoms with E-state index in [0.717, 1.165) is 0 Å². The van der Waals surface area contributed by atoms with Gasteiger partial charge in [0, 0.05) is 0 Å². The van der Waals surface area contributed by atoms with Crippen LogP contribution < -0.4 is 11.5 Å². The molecule has 0 aliphatic heterocycles. The Morgan fingerprint density at radius 3 is 1.58 bits per heavy atom. The molecule has 0 aliphatic carbocycles. The molecule has 0 saturated heterocycles. The predicted molar refractivity (Wildman–Crippen MR) is 36.0 cm³/mol. The van der Waals surface area contributed by atoms with Crippen LogP contribution in [0.5, 0.6) is 0 Å². The van der Waals surface area contributed by atoms with Crippen molar-refractivity contribution in [1.82, 2.24) is 0 Å². The van der Waals surface area contributed by atoms with Gasteiger partial charge in [-0.1, -0.05) is 0 Å². The molecule has 0 atom stereocenters. The summed E-state index contributed by atoms with van der Waals surface area (Å²) in [7, 11) is 0. The standard InChI is InChI=1S/C5H8N2O5/c6-2(8)1-5(7,3(9)10)4(11)12/h1,7H2,(H2,6,8)(H,9,10)(H,11,12). The van der Waals surface area contributed by atoms with Crippen molar-refractivity contribution in [2.45, 2.75) is 12.0 Å². The fourth-order valence-corrected chi connectivity index (χ4v) is 0.518. The number of nitrogens with two attached hydrogens (primary N) is 2. The van der Waals surface area contributed by atoms with Crippen molar-refractivity contribution in [1.29, 1.82) is 0 Å². The SMILES string of the molecule is NC(=O)CC(N)(C(=O)O)C(=O)O. The highest BCUT2D eigenvalue weighted by Gasteiger charge is 2.44. The average Bonchev–Trinajstić information content (AvgIpc) is 1.84. The van der Waals surface area contributed by atoms with Crippen LogP contribution in [0.15, 0.2) is 0 Å². The van der Waals surface area contributed by atoms with Crippen LogP contribution in [0, 0.1) is 0 Å². The Balaban J connectivity index is 4.75. The molecule has 7 nitrogen and oxygen atoms in total. The Morgan fingerprint density at radius 1 is 1.17 bits per heavy atom. The first-order valence-electron chi connectivity index (χ1n) is 2.84. The third-order valence-corrected chi connectivity index (χ3v) is 1.22. The molecule has 12 heavy (non-hydrogen) atoms. The smallest absolute Gasteiger partial charge is 0.335 e. The highest BCUT2D eigenvalue weighted by atomic mass is 16.4. The minimum absolute atomic E-state index is 0.933. The Bertz CT molecular complexity index is 222. The van der Waals surface area contributed by atoms with Gasteiger partial charge in [0.1, 0.15) is 0 Å². The molecule has 0 rings (SSSR count). The Hall–Kier alpha value is -1.63. The van der Waals surface area contributed by atoms with E-state index in [1.165, 1.54) is 0 Å². The number of carbonyl (C=O) groups is 3. The van der Waals surface area contributed by atoms with Crippen LogP contribution >= 0.6 is 0 Å². The maximum Gasteiger partial charge on any atom is 0.335 e. The van der Waals surface area contributed by atoms with Crippen molar-refractivity contribution >= 4 is 17.8 Å². The molecule has 68 valence electrons.